The Labute approximate surface area is 87.9 Å². The van der Waals surface area contributed by atoms with Gasteiger partial charge in [0.15, 0.2) is 5.78 Å². The summed E-state index contributed by atoms with van der Waals surface area (Å²) < 4.78 is 5.21. The Morgan fingerprint density at radius 2 is 1.87 bits per heavy atom. The number of carbonyl (C=O) groups is 1. The summed E-state index contributed by atoms with van der Waals surface area (Å²) in [4.78, 5) is 11.1. The minimum absolute atomic E-state index is 0.300. The van der Waals surface area contributed by atoms with E-state index in [2.05, 4.69) is 5.32 Å². The van der Waals surface area contributed by atoms with E-state index < -0.39 is 30.5 Å². The van der Waals surface area contributed by atoms with Crippen molar-refractivity contribution in [2.45, 2.75) is 37.4 Å². The Bertz CT molecular complexity index is 235. The molecule has 15 heavy (non-hydrogen) atoms. The van der Waals surface area contributed by atoms with Crippen LogP contribution in [0.15, 0.2) is 0 Å². The molecule has 0 radical (unpaired) electrons. The number of ketones is 1. The van der Waals surface area contributed by atoms with E-state index in [1.807, 2.05) is 0 Å². The van der Waals surface area contributed by atoms with Crippen LogP contribution < -0.4 is 5.32 Å². The molecule has 4 N–H and O–H groups in total. The molecule has 1 saturated heterocycles. The van der Waals surface area contributed by atoms with Gasteiger partial charge in [-0.1, -0.05) is 0 Å². The minimum atomic E-state index is -1.37. The van der Waals surface area contributed by atoms with Gasteiger partial charge in [0.05, 0.1) is 6.10 Å². The molecule has 0 aromatic carbocycles. The summed E-state index contributed by atoms with van der Waals surface area (Å²) >= 11 is 0. The molecule has 1 aliphatic rings. The van der Waals surface area contributed by atoms with Crippen LogP contribution in [0.1, 0.15) is 6.92 Å². The van der Waals surface area contributed by atoms with E-state index in [0.29, 0.717) is 6.54 Å². The van der Waals surface area contributed by atoms with Gasteiger partial charge in [-0.3, -0.25) is 4.79 Å². The highest BCUT2D eigenvalue weighted by molar-refractivity contribution is 5.81. The summed E-state index contributed by atoms with van der Waals surface area (Å²) in [6.45, 7) is 1.57. The first-order valence-electron chi connectivity index (χ1n) is 4.83. The zero-order chi connectivity index (χ0) is 11.6. The van der Waals surface area contributed by atoms with E-state index >= 15 is 0 Å². The minimum Gasteiger partial charge on any atom is -0.388 e. The van der Waals surface area contributed by atoms with Gasteiger partial charge >= 0.3 is 0 Å². The van der Waals surface area contributed by atoms with E-state index in [1.54, 1.807) is 7.05 Å². The van der Waals surface area contributed by atoms with Crippen LogP contribution in [0, 0.1) is 0 Å². The molecule has 0 aliphatic carbocycles. The predicted molar refractivity (Wildman–Crippen MR) is 51.3 cm³/mol. The third-order valence-electron chi connectivity index (χ3n) is 2.52. The number of Topliss-reactive ketones (excluding diaryl/α,β-unsaturated/α-hetero) is 1. The topological polar surface area (TPSA) is 99.0 Å². The second-order valence-electron chi connectivity index (χ2n) is 3.74. The monoisotopic (exact) mass is 219 g/mol. The lowest BCUT2D eigenvalue weighted by atomic mass is 9.93. The molecule has 5 unspecified atom stereocenters. The number of nitrogens with one attached hydrogen (secondary N) is 1. The predicted octanol–water partition coefficient (Wildman–Crippen LogP) is -2.36. The molecule has 0 aromatic heterocycles. The maximum Gasteiger partial charge on any atom is 0.161 e. The van der Waals surface area contributed by atoms with Gasteiger partial charge in [0.1, 0.15) is 24.4 Å². The van der Waals surface area contributed by atoms with E-state index in [0.717, 1.165) is 0 Å². The molecule has 5 atom stereocenters. The van der Waals surface area contributed by atoms with Crippen LogP contribution in [0.2, 0.25) is 0 Å². The summed E-state index contributed by atoms with van der Waals surface area (Å²) in [6.07, 6.45) is -5.68. The standard InChI is InChI=1S/C9H17NO5/c1-4(11)9-8(14)7(13)6(12)5(15-9)3-10-2/h5-10,12-14H,3H2,1-2H3. The highest BCUT2D eigenvalue weighted by atomic mass is 16.5. The van der Waals surface area contributed by atoms with E-state index in [1.165, 1.54) is 6.92 Å². The first-order chi connectivity index (χ1) is 6.99. The average Bonchev–Trinajstić information content (AvgIpc) is 2.18. The second-order valence-corrected chi connectivity index (χ2v) is 3.74. The van der Waals surface area contributed by atoms with Crippen LogP contribution in [0.4, 0.5) is 0 Å². The molecule has 88 valence electrons. The number of likely N-dealkylation sites (N-methyl/N-ethyl adjacent to an activating group) is 1. The van der Waals surface area contributed by atoms with Crippen molar-refractivity contribution >= 4 is 5.78 Å². The summed E-state index contributed by atoms with van der Waals surface area (Å²) in [5.74, 6) is -0.366. The molecule has 0 spiro atoms. The smallest absolute Gasteiger partial charge is 0.161 e. The van der Waals surface area contributed by atoms with Crippen LogP contribution in [-0.4, -0.2) is 65.2 Å². The largest absolute Gasteiger partial charge is 0.388 e. The van der Waals surface area contributed by atoms with Crippen molar-refractivity contribution in [2.24, 2.45) is 0 Å². The summed E-state index contributed by atoms with van der Waals surface area (Å²) in [5.41, 5.74) is 0. The van der Waals surface area contributed by atoms with Gasteiger partial charge in [-0.15, -0.1) is 0 Å². The van der Waals surface area contributed by atoms with Gasteiger partial charge in [-0.05, 0) is 14.0 Å². The quantitative estimate of drug-likeness (QED) is 0.424. The number of aliphatic hydroxyl groups is 3. The van der Waals surface area contributed by atoms with Crippen molar-refractivity contribution in [3.8, 4) is 0 Å². The molecule has 1 fully saturated rings. The van der Waals surface area contributed by atoms with Gasteiger partial charge in [-0.25, -0.2) is 0 Å². The summed E-state index contributed by atoms with van der Waals surface area (Å²) in [5, 5.41) is 31.3. The SMILES string of the molecule is CNCC1OC(C(C)=O)C(O)C(O)C1O. The number of carbonyl (C=O) groups excluding carboxylic acids is 1. The maximum absolute atomic E-state index is 11.1. The molecule has 0 bridgehead atoms. The third-order valence-corrected chi connectivity index (χ3v) is 2.52. The van der Waals surface area contributed by atoms with Crippen molar-refractivity contribution < 1.29 is 24.9 Å². The molecule has 1 aliphatic heterocycles. The normalized spacial score (nSPS) is 41.5. The summed E-state index contributed by atoms with van der Waals surface area (Å²) in [7, 11) is 1.66. The lowest BCUT2D eigenvalue weighted by Gasteiger charge is -2.39. The fraction of sp³-hybridized carbons (Fsp3) is 0.889. The Morgan fingerprint density at radius 1 is 1.27 bits per heavy atom. The Balaban J connectivity index is 2.75. The molecule has 0 aromatic rings. The van der Waals surface area contributed by atoms with Gasteiger partial charge in [-0.2, -0.15) is 0 Å². The average molecular weight is 219 g/mol. The number of rotatable bonds is 3. The maximum atomic E-state index is 11.1. The third kappa shape index (κ3) is 2.53. The first-order valence-corrected chi connectivity index (χ1v) is 4.83. The molecule has 6 heteroatoms. The molecule has 1 heterocycles. The highest BCUT2D eigenvalue weighted by Crippen LogP contribution is 2.21. The molecule has 0 saturated carbocycles. The molecular weight excluding hydrogens is 202 g/mol. The van der Waals surface area contributed by atoms with Crippen LogP contribution in [-0.2, 0) is 9.53 Å². The Hall–Kier alpha value is -0.530. The van der Waals surface area contributed by atoms with Crippen LogP contribution in [0.5, 0.6) is 0 Å². The molecular formula is C9H17NO5. The van der Waals surface area contributed by atoms with Gasteiger partial charge in [0.25, 0.3) is 0 Å². The lowest BCUT2D eigenvalue weighted by Crippen LogP contribution is -2.61. The number of hydrogen-bond donors (Lipinski definition) is 4. The van der Waals surface area contributed by atoms with Crippen LogP contribution >= 0.6 is 0 Å². The van der Waals surface area contributed by atoms with Gasteiger partial charge in [0, 0.05) is 6.54 Å². The van der Waals surface area contributed by atoms with E-state index in [-0.39, 0.29) is 5.78 Å². The van der Waals surface area contributed by atoms with E-state index in [9.17, 15) is 20.1 Å². The zero-order valence-electron chi connectivity index (χ0n) is 8.75. The first kappa shape index (κ1) is 12.5. The van der Waals surface area contributed by atoms with Crippen molar-refractivity contribution in [2.75, 3.05) is 13.6 Å². The molecule has 0 amide bonds. The Morgan fingerprint density at radius 3 is 2.33 bits per heavy atom. The lowest BCUT2D eigenvalue weighted by molar-refractivity contribution is -0.217. The number of aliphatic hydroxyl groups excluding tert-OH is 3. The van der Waals surface area contributed by atoms with Crippen LogP contribution in [0.3, 0.4) is 0 Å². The van der Waals surface area contributed by atoms with Crippen LogP contribution in [0.25, 0.3) is 0 Å². The second kappa shape index (κ2) is 5.00. The van der Waals surface area contributed by atoms with Crippen molar-refractivity contribution in [3.63, 3.8) is 0 Å². The van der Waals surface area contributed by atoms with Gasteiger partial charge < -0.3 is 25.4 Å². The molecule has 6 nitrogen and oxygen atoms in total. The number of hydrogen-bond acceptors (Lipinski definition) is 6. The van der Waals surface area contributed by atoms with Crippen molar-refractivity contribution in [1.82, 2.24) is 5.32 Å². The van der Waals surface area contributed by atoms with Crippen molar-refractivity contribution in [1.29, 1.82) is 0 Å². The molecule has 1 rings (SSSR count). The highest BCUT2D eigenvalue weighted by Gasteiger charge is 2.44. The fourth-order valence-corrected chi connectivity index (χ4v) is 1.66. The summed E-state index contributed by atoms with van der Waals surface area (Å²) in [6, 6.07) is 0. The van der Waals surface area contributed by atoms with Crippen molar-refractivity contribution in [3.05, 3.63) is 0 Å². The van der Waals surface area contributed by atoms with E-state index in [4.69, 9.17) is 4.74 Å². The Kier molecular flexibility index (Phi) is 4.18. The van der Waals surface area contributed by atoms with Gasteiger partial charge in [0.2, 0.25) is 0 Å². The number of ether oxygens (including phenoxy) is 1. The fourth-order valence-electron chi connectivity index (χ4n) is 1.66. The zero-order valence-corrected chi connectivity index (χ0v) is 8.75.